The first kappa shape index (κ1) is 15.1. The van der Waals surface area contributed by atoms with E-state index < -0.39 is 0 Å². The predicted octanol–water partition coefficient (Wildman–Crippen LogP) is 1.41. The SMILES string of the molecule is Cn1cccc1/C=N\N1CC[NH+](Cc2ccccc2Cl)CC1. The van der Waals surface area contributed by atoms with E-state index in [0.29, 0.717) is 0 Å². The molecule has 2 aromatic rings. The second-order valence-electron chi connectivity index (χ2n) is 5.76. The number of aryl methyl sites for hydroxylation is 1. The molecule has 0 spiro atoms. The maximum atomic E-state index is 6.24. The molecule has 22 heavy (non-hydrogen) atoms. The van der Waals surface area contributed by atoms with Gasteiger partial charge in [-0.3, -0.25) is 5.01 Å². The van der Waals surface area contributed by atoms with E-state index >= 15 is 0 Å². The number of rotatable bonds is 4. The van der Waals surface area contributed by atoms with Crippen LogP contribution >= 0.6 is 11.6 Å². The maximum absolute atomic E-state index is 6.24. The van der Waals surface area contributed by atoms with Gasteiger partial charge in [-0.1, -0.05) is 29.8 Å². The Balaban J connectivity index is 1.51. The zero-order valence-electron chi connectivity index (χ0n) is 12.9. The first-order valence-electron chi connectivity index (χ1n) is 7.69. The van der Waals surface area contributed by atoms with E-state index in [0.717, 1.165) is 43.4 Å². The molecule has 0 unspecified atom stereocenters. The summed E-state index contributed by atoms with van der Waals surface area (Å²) < 4.78 is 2.07. The molecule has 0 saturated carbocycles. The third-order valence-electron chi connectivity index (χ3n) is 4.18. The molecule has 1 N–H and O–H groups in total. The highest BCUT2D eigenvalue weighted by Crippen LogP contribution is 2.13. The second kappa shape index (κ2) is 6.99. The van der Waals surface area contributed by atoms with Gasteiger partial charge in [-0.15, -0.1) is 0 Å². The van der Waals surface area contributed by atoms with Crippen LogP contribution in [0.4, 0.5) is 0 Å². The fraction of sp³-hybridized carbons (Fsp3) is 0.353. The molecule has 1 fully saturated rings. The van der Waals surface area contributed by atoms with Crippen molar-refractivity contribution in [2.24, 2.45) is 12.1 Å². The Bertz CT molecular complexity index is 642. The van der Waals surface area contributed by atoms with Gasteiger partial charge in [0.2, 0.25) is 0 Å². The average molecular weight is 318 g/mol. The van der Waals surface area contributed by atoms with Crippen LogP contribution in [0, 0.1) is 0 Å². The lowest BCUT2D eigenvalue weighted by Gasteiger charge is -2.30. The van der Waals surface area contributed by atoms with Gasteiger partial charge in [0, 0.05) is 23.8 Å². The van der Waals surface area contributed by atoms with Crippen molar-refractivity contribution in [2.45, 2.75) is 6.54 Å². The van der Waals surface area contributed by atoms with Gasteiger partial charge in [0.05, 0.1) is 38.1 Å². The molecule has 4 nitrogen and oxygen atoms in total. The van der Waals surface area contributed by atoms with Crippen LogP contribution in [0.3, 0.4) is 0 Å². The first-order valence-corrected chi connectivity index (χ1v) is 8.07. The number of halogens is 1. The monoisotopic (exact) mass is 317 g/mol. The van der Waals surface area contributed by atoms with E-state index in [1.54, 1.807) is 4.90 Å². The summed E-state index contributed by atoms with van der Waals surface area (Å²) in [7, 11) is 2.03. The van der Waals surface area contributed by atoms with Crippen LogP contribution in [0.25, 0.3) is 0 Å². The van der Waals surface area contributed by atoms with E-state index in [9.17, 15) is 0 Å². The normalized spacial score (nSPS) is 16.5. The van der Waals surface area contributed by atoms with Crippen LogP contribution in [0.1, 0.15) is 11.3 Å². The summed E-state index contributed by atoms with van der Waals surface area (Å²) in [6, 6.07) is 12.2. The van der Waals surface area contributed by atoms with E-state index in [4.69, 9.17) is 11.6 Å². The standard InChI is InChI=1S/C17H21ClN4/c1-20-8-4-6-16(20)13-19-22-11-9-21(10-12-22)14-15-5-2-3-7-17(15)18/h2-8,13H,9-12,14H2,1H3/p+1/b19-13-. The molecule has 0 amide bonds. The van der Waals surface area contributed by atoms with E-state index in [-0.39, 0.29) is 0 Å². The molecule has 1 aliphatic heterocycles. The smallest absolute Gasteiger partial charge is 0.104 e. The molecule has 0 radical (unpaired) electrons. The fourth-order valence-corrected chi connectivity index (χ4v) is 2.97. The van der Waals surface area contributed by atoms with Gasteiger partial charge in [-0.2, -0.15) is 5.10 Å². The van der Waals surface area contributed by atoms with Gasteiger partial charge in [-0.25, -0.2) is 0 Å². The number of nitrogens with one attached hydrogen (secondary N) is 1. The molecule has 0 bridgehead atoms. The van der Waals surface area contributed by atoms with Crippen molar-refractivity contribution < 1.29 is 4.90 Å². The lowest BCUT2D eigenvalue weighted by Crippen LogP contribution is -3.13. The fourth-order valence-electron chi connectivity index (χ4n) is 2.76. The number of quaternary nitrogens is 1. The summed E-state index contributed by atoms with van der Waals surface area (Å²) in [5.74, 6) is 0. The van der Waals surface area contributed by atoms with Crippen LogP contribution in [-0.2, 0) is 13.6 Å². The quantitative estimate of drug-likeness (QED) is 0.848. The third-order valence-corrected chi connectivity index (χ3v) is 4.55. The Morgan fingerprint density at radius 1 is 1.18 bits per heavy atom. The molecular weight excluding hydrogens is 296 g/mol. The Kier molecular flexibility index (Phi) is 4.80. The molecule has 0 atom stereocenters. The number of hydrazone groups is 1. The average Bonchev–Trinajstić information content (AvgIpc) is 2.94. The molecule has 1 aromatic heterocycles. The van der Waals surface area contributed by atoms with Crippen molar-refractivity contribution in [3.8, 4) is 0 Å². The van der Waals surface area contributed by atoms with Crippen LogP contribution < -0.4 is 4.90 Å². The number of hydrogen-bond donors (Lipinski definition) is 1. The summed E-state index contributed by atoms with van der Waals surface area (Å²) in [5.41, 5.74) is 2.37. The van der Waals surface area contributed by atoms with Gasteiger partial charge in [0.25, 0.3) is 0 Å². The number of nitrogens with zero attached hydrogens (tertiary/aromatic N) is 3. The highest BCUT2D eigenvalue weighted by molar-refractivity contribution is 6.31. The Morgan fingerprint density at radius 2 is 1.95 bits per heavy atom. The molecule has 3 rings (SSSR count). The first-order chi connectivity index (χ1) is 10.7. The van der Waals surface area contributed by atoms with Crippen molar-refractivity contribution in [3.63, 3.8) is 0 Å². The van der Waals surface area contributed by atoms with E-state index in [1.807, 2.05) is 37.7 Å². The summed E-state index contributed by atoms with van der Waals surface area (Å²) in [6.45, 7) is 5.15. The summed E-state index contributed by atoms with van der Waals surface area (Å²) >= 11 is 6.24. The highest BCUT2D eigenvalue weighted by atomic mass is 35.5. The molecule has 116 valence electrons. The van der Waals surface area contributed by atoms with Crippen LogP contribution in [0.15, 0.2) is 47.7 Å². The van der Waals surface area contributed by atoms with Crippen LogP contribution in [-0.4, -0.2) is 42.0 Å². The molecule has 0 aliphatic carbocycles. The van der Waals surface area contributed by atoms with Crippen molar-refractivity contribution in [1.29, 1.82) is 0 Å². The minimum Gasteiger partial charge on any atom is -0.350 e. The van der Waals surface area contributed by atoms with Gasteiger partial charge < -0.3 is 9.47 Å². The van der Waals surface area contributed by atoms with E-state index in [2.05, 4.69) is 32.9 Å². The third kappa shape index (κ3) is 3.70. The van der Waals surface area contributed by atoms with Crippen molar-refractivity contribution in [3.05, 3.63) is 58.9 Å². The summed E-state index contributed by atoms with van der Waals surface area (Å²) in [6.07, 6.45) is 3.98. The zero-order valence-corrected chi connectivity index (χ0v) is 13.6. The van der Waals surface area contributed by atoms with Crippen molar-refractivity contribution in [1.82, 2.24) is 9.58 Å². The highest BCUT2D eigenvalue weighted by Gasteiger charge is 2.19. The molecule has 1 aromatic carbocycles. The molecule has 5 heteroatoms. The largest absolute Gasteiger partial charge is 0.350 e. The van der Waals surface area contributed by atoms with Crippen molar-refractivity contribution >= 4 is 17.8 Å². The minimum atomic E-state index is 0.874. The van der Waals surface area contributed by atoms with Gasteiger partial charge in [0.1, 0.15) is 6.54 Å². The number of benzene rings is 1. The minimum absolute atomic E-state index is 0.874. The summed E-state index contributed by atoms with van der Waals surface area (Å²) in [5, 5.41) is 7.62. The number of aromatic nitrogens is 1. The summed E-state index contributed by atoms with van der Waals surface area (Å²) in [4.78, 5) is 1.57. The zero-order chi connectivity index (χ0) is 15.4. The lowest BCUT2D eigenvalue weighted by atomic mass is 10.2. The Labute approximate surface area is 136 Å². The lowest BCUT2D eigenvalue weighted by molar-refractivity contribution is -0.918. The van der Waals surface area contributed by atoms with Crippen LogP contribution in [0.2, 0.25) is 5.02 Å². The van der Waals surface area contributed by atoms with E-state index in [1.165, 1.54) is 5.56 Å². The topological polar surface area (TPSA) is 25.0 Å². The van der Waals surface area contributed by atoms with Crippen molar-refractivity contribution in [2.75, 3.05) is 26.2 Å². The number of piperazine rings is 1. The molecular formula is C17H22ClN4+. The maximum Gasteiger partial charge on any atom is 0.104 e. The molecule has 2 heterocycles. The molecule has 1 saturated heterocycles. The van der Waals surface area contributed by atoms with Gasteiger partial charge >= 0.3 is 0 Å². The Hall–Kier alpha value is -1.78. The second-order valence-corrected chi connectivity index (χ2v) is 6.17. The predicted molar refractivity (Wildman–Crippen MR) is 90.4 cm³/mol. The molecule has 1 aliphatic rings. The number of hydrogen-bond acceptors (Lipinski definition) is 2. The van der Waals surface area contributed by atoms with Gasteiger partial charge in [-0.05, 0) is 18.2 Å². The Morgan fingerprint density at radius 3 is 2.64 bits per heavy atom. The van der Waals surface area contributed by atoms with Gasteiger partial charge in [0.15, 0.2) is 0 Å². The van der Waals surface area contributed by atoms with Crippen LogP contribution in [0.5, 0.6) is 0 Å².